The van der Waals surface area contributed by atoms with E-state index < -0.39 is 0 Å². The molecule has 0 amide bonds. The van der Waals surface area contributed by atoms with Gasteiger partial charge in [-0.3, -0.25) is 4.79 Å². The van der Waals surface area contributed by atoms with E-state index >= 15 is 0 Å². The summed E-state index contributed by atoms with van der Waals surface area (Å²) in [4.78, 5) is 14.1. The van der Waals surface area contributed by atoms with Gasteiger partial charge in [-0.05, 0) is 0 Å². The summed E-state index contributed by atoms with van der Waals surface area (Å²) in [6.45, 7) is 0. The zero-order chi connectivity index (χ0) is 6.69. The van der Waals surface area contributed by atoms with Crippen LogP contribution in [0.15, 0.2) is 16.9 Å². The summed E-state index contributed by atoms with van der Waals surface area (Å²) in [6.07, 6.45) is 2.72. The lowest BCUT2D eigenvalue weighted by atomic mass is 10.5. The molecule has 3 nitrogen and oxygen atoms in total. The Labute approximate surface area is 56.7 Å². The van der Waals surface area contributed by atoms with Crippen molar-refractivity contribution >= 4 is 23.4 Å². The number of carbonyl (C=O) groups is 1. The van der Waals surface area contributed by atoms with Crippen LogP contribution < -0.4 is 0 Å². The summed E-state index contributed by atoms with van der Waals surface area (Å²) in [5, 5.41) is 0.992. The van der Waals surface area contributed by atoms with E-state index in [1.165, 1.54) is 12.5 Å². The minimum absolute atomic E-state index is 0.0463. The molecule has 0 saturated carbocycles. The molecule has 4 heteroatoms. The Bertz CT molecular complexity index is 217. The average molecular weight is 141 g/mol. The first-order valence-corrected chi connectivity index (χ1v) is 2.70. The van der Waals surface area contributed by atoms with Gasteiger partial charge >= 0.3 is 0 Å². The highest BCUT2D eigenvalue weighted by Crippen LogP contribution is 1.92. The molecule has 1 rings (SSSR count). The van der Waals surface area contributed by atoms with Gasteiger partial charge in [-0.15, -0.1) is 0 Å². The molecule has 0 aliphatic carbocycles. The van der Waals surface area contributed by atoms with Crippen LogP contribution in [0.2, 0.25) is 0 Å². The Balaban J connectivity index is 2.89. The number of nitrogens with zero attached hydrogens (tertiary/aromatic N) is 1. The summed E-state index contributed by atoms with van der Waals surface area (Å²) < 4.78 is 4.63. The van der Waals surface area contributed by atoms with Crippen molar-refractivity contribution in [3.8, 4) is 0 Å². The van der Waals surface area contributed by atoms with Crippen molar-refractivity contribution in [2.45, 2.75) is 0 Å². The number of oxazole rings is 1. The molecule has 1 aromatic rings. The summed E-state index contributed by atoms with van der Waals surface area (Å²) >= 11 is 4.35. The Hall–Kier alpha value is -1.03. The Morgan fingerprint density at radius 3 is 3.11 bits per heavy atom. The topological polar surface area (TPSA) is 43.1 Å². The molecule has 0 aromatic carbocycles. The van der Waals surface area contributed by atoms with Crippen molar-refractivity contribution < 1.29 is 9.21 Å². The number of carbonyl (C=O) groups excluding carboxylic acids is 1. The highest BCUT2D eigenvalue weighted by Gasteiger charge is 2.04. The second-order valence-corrected chi connectivity index (χ2v) is 1.56. The lowest BCUT2D eigenvalue weighted by molar-refractivity contribution is 0.104. The number of thiocarbonyl (C=S) groups is 1. The molecule has 0 spiro atoms. The molecule has 0 fully saturated rings. The third kappa shape index (κ3) is 1.20. The first-order valence-electron chi connectivity index (χ1n) is 2.23. The van der Waals surface area contributed by atoms with Crippen LogP contribution in [0, 0.1) is 0 Å². The van der Waals surface area contributed by atoms with Crippen LogP contribution in [-0.4, -0.2) is 16.1 Å². The first kappa shape index (κ1) is 6.10. The first-order chi connectivity index (χ1) is 4.34. The lowest BCUT2D eigenvalue weighted by Crippen LogP contribution is -1.97. The third-order valence-electron chi connectivity index (χ3n) is 0.750. The van der Waals surface area contributed by atoms with E-state index in [9.17, 15) is 4.79 Å². The van der Waals surface area contributed by atoms with Crippen molar-refractivity contribution in [1.82, 2.24) is 4.98 Å². The van der Waals surface area contributed by atoms with Crippen molar-refractivity contribution in [2.24, 2.45) is 0 Å². The molecule has 1 heterocycles. The van der Waals surface area contributed by atoms with Crippen molar-refractivity contribution in [2.75, 3.05) is 0 Å². The lowest BCUT2D eigenvalue weighted by Gasteiger charge is -1.79. The van der Waals surface area contributed by atoms with E-state index in [1.807, 2.05) is 0 Å². The van der Waals surface area contributed by atoms with Gasteiger partial charge in [0.2, 0.25) is 0 Å². The average Bonchev–Trinajstić information content (AvgIpc) is 2.37. The number of ketones is 1. The third-order valence-corrected chi connectivity index (χ3v) is 0.964. The van der Waals surface area contributed by atoms with Crippen LogP contribution in [0.4, 0.5) is 0 Å². The van der Waals surface area contributed by atoms with Crippen LogP contribution in [0.3, 0.4) is 0 Å². The Morgan fingerprint density at radius 2 is 2.67 bits per heavy atom. The van der Waals surface area contributed by atoms with Gasteiger partial charge in [0.1, 0.15) is 6.26 Å². The fraction of sp³-hybridized carbons (Fsp3) is 0. The van der Waals surface area contributed by atoms with Gasteiger partial charge in [-0.1, -0.05) is 12.2 Å². The molecule has 0 radical (unpaired) electrons. The van der Waals surface area contributed by atoms with E-state index in [2.05, 4.69) is 21.6 Å². The zero-order valence-electron chi connectivity index (χ0n) is 4.40. The van der Waals surface area contributed by atoms with Gasteiger partial charge in [-0.25, -0.2) is 4.98 Å². The van der Waals surface area contributed by atoms with Crippen LogP contribution >= 0.6 is 12.2 Å². The second-order valence-electron chi connectivity index (χ2n) is 1.32. The van der Waals surface area contributed by atoms with Gasteiger partial charge in [0, 0.05) is 0 Å². The van der Waals surface area contributed by atoms with E-state index in [0.717, 1.165) is 5.37 Å². The summed E-state index contributed by atoms with van der Waals surface area (Å²) in [6, 6.07) is 0. The summed E-state index contributed by atoms with van der Waals surface area (Å²) in [5.41, 5.74) is 0. The van der Waals surface area contributed by atoms with E-state index in [-0.39, 0.29) is 11.7 Å². The van der Waals surface area contributed by atoms with Gasteiger partial charge in [-0.2, -0.15) is 0 Å². The Morgan fingerprint density at radius 1 is 1.89 bits per heavy atom. The molecule has 0 aliphatic heterocycles. The van der Waals surface area contributed by atoms with Gasteiger partial charge in [0.25, 0.3) is 11.7 Å². The highest BCUT2D eigenvalue weighted by atomic mass is 32.1. The number of rotatable bonds is 2. The molecule has 9 heavy (non-hydrogen) atoms. The smallest absolute Gasteiger partial charge is 0.268 e. The van der Waals surface area contributed by atoms with Gasteiger partial charge in [0.15, 0.2) is 0 Å². The quantitative estimate of drug-likeness (QED) is 0.452. The summed E-state index contributed by atoms with van der Waals surface area (Å²) in [7, 11) is 0. The van der Waals surface area contributed by atoms with Crippen LogP contribution in [0.1, 0.15) is 10.7 Å². The van der Waals surface area contributed by atoms with Gasteiger partial charge in [0.05, 0.1) is 11.6 Å². The molecule has 1 aromatic heterocycles. The molecule has 0 bridgehead atoms. The maximum atomic E-state index is 10.6. The molecule has 46 valence electrons. The number of aromatic nitrogens is 1. The molecular weight excluding hydrogens is 138 g/mol. The minimum atomic E-state index is -0.366. The molecule has 0 unspecified atom stereocenters. The number of hydrogen-bond donors (Lipinski definition) is 0. The number of hydrogen-bond acceptors (Lipinski definition) is 4. The van der Waals surface area contributed by atoms with Crippen molar-refractivity contribution in [1.29, 1.82) is 0 Å². The SMILES string of the molecule is O=C(C=S)c1ncco1. The Kier molecular flexibility index (Phi) is 1.69. The van der Waals surface area contributed by atoms with Crippen molar-refractivity contribution in [3.63, 3.8) is 0 Å². The molecule has 0 aliphatic rings. The van der Waals surface area contributed by atoms with E-state index in [1.54, 1.807) is 0 Å². The predicted molar refractivity (Wildman–Crippen MR) is 34.5 cm³/mol. The highest BCUT2D eigenvalue weighted by molar-refractivity contribution is 7.80. The van der Waals surface area contributed by atoms with E-state index in [4.69, 9.17) is 0 Å². The summed E-state index contributed by atoms with van der Waals surface area (Å²) in [5.74, 6) is -0.319. The maximum Gasteiger partial charge on any atom is 0.268 e. The standard InChI is InChI=1S/C5H3NO2S/c7-4(3-9)5-6-1-2-8-5/h1-3H. The van der Waals surface area contributed by atoms with Gasteiger partial charge < -0.3 is 4.42 Å². The molecule has 0 saturated heterocycles. The van der Waals surface area contributed by atoms with Crippen LogP contribution in [-0.2, 0) is 0 Å². The second kappa shape index (κ2) is 2.50. The monoisotopic (exact) mass is 141 g/mol. The van der Waals surface area contributed by atoms with Crippen molar-refractivity contribution in [3.05, 3.63) is 18.4 Å². The minimum Gasteiger partial charge on any atom is -0.442 e. The van der Waals surface area contributed by atoms with Crippen LogP contribution in [0.25, 0.3) is 0 Å². The number of Topliss-reactive ketones (excluding diaryl/α,β-unsaturated/α-hetero) is 1. The largest absolute Gasteiger partial charge is 0.442 e. The zero-order valence-corrected chi connectivity index (χ0v) is 5.22. The maximum absolute atomic E-state index is 10.6. The molecule has 0 atom stereocenters. The normalized spacial score (nSPS) is 8.89. The molecule has 0 N–H and O–H groups in total. The predicted octanol–water partition coefficient (Wildman–Crippen LogP) is 0.857. The fourth-order valence-corrected chi connectivity index (χ4v) is 0.496. The van der Waals surface area contributed by atoms with E-state index in [0.29, 0.717) is 0 Å². The fourth-order valence-electron chi connectivity index (χ4n) is 0.396. The molecular formula is C5H3NO2S. The van der Waals surface area contributed by atoms with Crippen LogP contribution in [0.5, 0.6) is 0 Å².